The van der Waals surface area contributed by atoms with Gasteiger partial charge < -0.3 is 10.5 Å². The van der Waals surface area contributed by atoms with Crippen molar-refractivity contribution in [3.05, 3.63) is 57.5 Å². The second-order valence-corrected chi connectivity index (χ2v) is 5.23. The van der Waals surface area contributed by atoms with Crippen LogP contribution >= 0.6 is 11.3 Å². The number of benzene rings is 1. The molecular formula is C16H16FNOS. The molecule has 20 heavy (non-hydrogen) atoms. The highest BCUT2D eigenvalue weighted by atomic mass is 32.1. The highest BCUT2D eigenvalue weighted by Crippen LogP contribution is 2.13. The lowest BCUT2D eigenvalue weighted by Crippen LogP contribution is -2.00. The van der Waals surface area contributed by atoms with E-state index in [0.717, 1.165) is 6.42 Å². The summed E-state index contributed by atoms with van der Waals surface area (Å²) in [6, 6.07) is 8.99. The summed E-state index contributed by atoms with van der Waals surface area (Å²) in [5, 5.41) is 2.04. The number of rotatable bonds is 5. The van der Waals surface area contributed by atoms with Gasteiger partial charge >= 0.3 is 0 Å². The molecule has 0 saturated heterocycles. The Morgan fingerprint density at radius 1 is 1.30 bits per heavy atom. The van der Waals surface area contributed by atoms with E-state index in [4.69, 9.17) is 10.5 Å². The summed E-state index contributed by atoms with van der Waals surface area (Å²) >= 11 is 1.70. The Morgan fingerprint density at radius 3 is 2.90 bits per heavy atom. The summed E-state index contributed by atoms with van der Waals surface area (Å²) in [5.41, 5.74) is 6.46. The monoisotopic (exact) mass is 289 g/mol. The van der Waals surface area contributed by atoms with Gasteiger partial charge in [-0.2, -0.15) is 0 Å². The summed E-state index contributed by atoms with van der Waals surface area (Å²) in [5.74, 6) is 5.22. The Morgan fingerprint density at radius 2 is 2.20 bits per heavy atom. The van der Waals surface area contributed by atoms with Gasteiger partial charge in [-0.15, -0.1) is 11.3 Å². The van der Waals surface area contributed by atoms with Crippen molar-refractivity contribution in [2.24, 2.45) is 5.73 Å². The average molecular weight is 289 g/mol. The molecule has 2 aromatic rings. The van der Waals surface area contributed by atoms with Crippen LogP contribution in [0.15, 0.2) is 35.7 Å². The molecule has 1 aromatic heterocycles. The molecule has 1 aromatic carbocycles. The van der Waals surface area contributed by atoms with Crippen molar-refractivity contribution < 1.29 is 9.13 Å². The van der Waals surface area contributed by atoms with Gasteiger partial charge in [0.2, 0.25) is 0 Å². The molecule has 104 valence electrons. The average Bonchev–Trinajstić information content (AvgIpc) is 2.96. The van der Waals surface area contributed by atoms with E-state index in [9.17, 15) is 4.39 Å². The fourth-order valence-corrected chi connectivity index (χ4v) is 2.40. The predicted octanol–water partition coefficient (Wildman–Crippen LogP) is 2.96. The Labute approximate surface area is 122 Å². The normalized spacial score (nSPS) is 10.1. The van der Waals surface area contributed by atoms with Gasteiger partial charge in [0.25, 0.3) is 0 Å². The van der Waals surface area contributed by atoms with Gasteiger partial charge in [-0.1, -0.05) is 24.0 Å². The van der Waals surface area contributed by atoms with E-state index >= 15 is 0 Å². The third-order valence-electron chi connectivity index (χ3n) is 2.72. The van der Waals surface area contributed by atoms with Crippen molar-refractivity contribution in [1.82, 2.24) is 0 Å². The molecule has 0 saturated carbocycles. The standard InChI is InChI=1S/C16H16FNOS/c17-16-11-13(3-1-8-18)5-6-14(16)12-19-9-7-15-4-2-10-20-15/h2,4-6,10-11H,7-9,12,18H2. The highest BCUT2D eigenvalue weighted by Gasteiger charge is 2.03. The van der Waals surface area contributed by atoms with Gasteiger partial charge in [-0.05, 0) is 23.6 Å². The van der Waals surface area contributed by atoms with E-state index < -0.39 is 0 Å². The maximum Gasteiger partial charge on any atom is 0.129 e. The fraction of sp³-hybridized carbons (Fsp3) is 0.250. The zero-order valence-electron chi connectivity index (χ0n) is 11.1. The first-order chi connectivity index (χ1) is 9.79. The summed E-state index contributed by atoms with van der Waals surface area (Å²) in [7, 11) is 0. The van der Waals surface area contributed by atoms with Gasteiger partial charge in [0.05, 0.1) is 19.8 Å². The summed E-state index contributed by atoms with van der Waals surface area (Å²) in [6.45, 7) is 1.14. The second-order valence-electron chi connectivity index (χ2n) is 4.19. The predicted molar refractivity (Wildman–Crippen MR) is 80.0 cm³/mol. The van der Waals surface area contributed by atoms with Crippen molar-refractivity contribution in [3.63, 3.8) is 0 Å². The Bertz CT molecular complexity index is 599. The zero-order valence-corrected chi connectivity index (χ0v) is 11.9. The third-order valence-corrected chi connectivity index (χ3v) is 3.65. The van der Waals surface area contributed by atoms with Gasteiger partial charge in [-0.3, -0.25) is 0 Å². The molecule has 4 heteroatoms. The highest BCUT2D eigenvalue weighted by molar-refractivity contribution is 7.09. The van der Waals surface area contributed by atoms with Crippen molar-refractivity contribution in [2.45, 2.75) is 13.0 Å². The minimum atomic E-state index is -0.287. The zero-order chi connectivity index (χ0) is 14.2. The Hall–Kier alpha value is -1.67. The van der Waals surface area contributed by atoms with E-state index in [-0.39, 0.29) is 19.0 Å². The lowest BCUT2D eigenvalue weighted by Gasteiger charge is -2.05. The van der Waals surface area contributed by atoms with E-state index in [1.54, 1.807) is 23.5 Å². The van der Waals surface area contributed by atoms with Crippen LogP contribution < -0.4 is 5.73 Å². The minimum absolute atomic E-state index is 0.273. The van der Waals surface area contributed by atoms with Crippen molar-refractivity contribution >= 4 is 11.3 Å². The van der Waals surface area contributed by atoms with Gasteiger partial charge in [0.1, 0.15) is 5.82 Å². The van der Waals surface area contributed by atoms with Crippen molar-refractivity contribution in [1.29, 1.82) is 0 Å². The number of thiophene rings is 1. The first-order valence-electron chi connectivity index (χ1n) is 6.37. The van der Waals surface area contributed by atoms with Crippen LogP contribution in [0.5, 0.6) is 0 Å². The lowest BCUT2D eigenvalue weighted by molar-refractivity contribution is 0.122. The van der Waals surface area contributed by atoms with Crippen LogP contribution in [-0.4, -0.2) is 13.2 Å². The van der Waals surface area contributed by atoms with Gasteiger partial charge in [0, 0.05) is 22.4 Å². The lowest BCUT2D eigenvalue weighted by atomic mass is 10.1. The van der Waals surface area contributed by atoms with Crippen molar-refractivity contribution in [2.75, 3.05) is 13.2 Å². The molecule has 0 unspecified atom stereocenters. The molecule has 0 amide bonds. The molecule has 0 aliphatic carbocycles. The molecule has 0 aliphatic heterocycles. The van der Waals surface area contributed by atoms with Crippen LogP contribution in [0, 0.1) is 17.7 Å². The first-order valence-corrected chi connectivity index (χ1v) is 7.25. The van der Waals surface area contributed by atoms with Crippen LogP contribution in [0.4, 0.5) is 4.39 Å². The number of hydrogen-bond acceptors (Lipinski definition) is 3. The van der Waals surface area contributed by atoms with E-state index in [0.29, 0.717) is 17.7 Å². The molecule has 0 fully saturated rings. The third kappa shape index (κ3) is 4.46. The van der Waals surface area contributed by atoms with Crippen LogP contribution in [-0.2, 0) is 17.8 Å². The fourth-order valence-electron chi connectivity index (χ4n) is 1.70. The number of halogens is 1. The maximum absolute atomic E-state index is 13.8. The molecule has 0 aliphatic rings. The van der Waals surface area contributed by atoms with Crippen LogP contribution in [0.3, 0.4) is 0 Å². The van der Waals surface area contributed by atoms with Crippen LogP contribution in [0.1, 0.15) is 16.0 Å². The molecular weight excluding hydrogens is 273 g/mol. The largest absolute Gasteiger partial charge is 0.376 e. The Kier molecular flexibility index (Phi) is 5.75. The number of hydrogen-bond donors (Lipinski definition) is 1. The summed E-state index contributed by atoms with van der Waals surface area (Å²) in [4.78, 5) is 1.28. The molecule has 0 radical (unpaired) electrons. The van der Waals surface area contributed by atoms with E-state index in [2.05, 4.69) is 17.9 Å². The SMILES string of the molecule is NCC#Cc1ccc(COCCc2cccs2)c(F)c1. The minimum Gasteiger partial charge on any atom is -0.376 e. The summed E-state index contributed by atoms with van der Waals surface area (Å²) < 4.78 is 19.3. The van der Waals surface area contributed by atoms with Gasteiger partial charge in [0.15, 0.2) is 0 Å². The smallest absolute Gasteiger partial charge is 0.129 e. The van der Waals surface area contributed by atoms with Gasteiger partial charge in [-0.25, -0.2) is 4.39 Å². The molecule has 0 atom stereocenters. The molecule has 2 N–H and O–H groups in total. The maximum atomic E-state index is 13.8. The molecule has 0 spiro atoms. The molecule has 0 bridgehead atoms. The Balaban J connectivity index is 1.83. The van der Waals surface area contributed by atoms with Crippen LogP contribution in [0.2, 0.25) is 0 Å². The van der Waals surface area contributed by atoms with Crippen molar-refractivity contribution in [3.8, 4) is 11.8 Å². The molecule has 2 nitrogen and oxygen atoms in total. The molecule has 1 heterocycles. The van der Waals surface area contributed by atoms with Crippen LogP contribution in [0.25, 0.3) is 0 Å². The van der Waals surface area contributed by atoms with E-state index in [1.165, 1.54) is 10.9 Å². The van der Waals surface area contributed by atoms with E-state index in [1.807, 2.05) is 11.4 Å². The molecule has 2 rings (SSSR count). The topological polar surface area (TPSA) is 35.2 Å². The second kappa shape index (κ2) is 7.81. The number of nitrogens with two attached hydrogens (primary N) is 1. The number of ether oxygens (including phenoxy) is 1. The summed E-state index contributed by atoms with van der Waals surface area (Å²) in [6.07, 6.45) is 0.860. The first kappa shape index (κ1) is 14.7. The quantitative estimate of drug-likeness (QED) is 0.678.